The molecule has 0 bridgehead atoms. The Hall–Kier alpha value is -2.46. The van der Waals surface area contributed by atoms with Crippen LogP contribution >= 0.6 is 12.6 Å². The van der Waals surface area contributed by atoms with Gasteiger partial charge in [-0.1, -0.05) is 24.3 Å². The second-order valence-electron chi connectivity index (χ2n) is 5.14. The predicted molar refractivity (Wildman–Crippen MR) is 92.8 cm³/mol. The molecule has 0 saturated heterocycles. The zero-order valence-corrected chi connectivity index (χ0v) is 12.9. The van der Waals surface area contributed by atoms with Gasteiger partial charge >= 0.3 is 0 Å². The van der Waals surface area contributed by atoms with E-state index in [1.54, 1.807) is 7.11 Å². The van der Waals surface area contributed by atoms with Crippen LogP contribution in [-0.2, 0) is 0 Å². The maximum Gasteiger partial charge on any atom is 0.142 e. The Bertz CT molecular complexity index is 991. The molecule has 4 rings (SSSR count). The van der Waals surface area contributed by atoms with Crippen LogP contribution in [0.5, 0.6) is 5.75 Å². The lowest BCUT2D eigenvalue weighted by Crippen LogP contribution is -1.83. The SMILES string of the molecule is COc1cccc2c1[nH]c1nccc(-c3cccc(S)c3)c12. The number of fused-ring (bicyclic) bond motifs is 3. The van der Waals surface area contributed by atoms with Crippen molar-refractivity contribution in [3.63, 3.8) is 0 Å². The summed E-state index contributed by atoms with van der Waals surface area (Å²) in [6.07, 6.45) is 1.82. The fourth-order valence-electron chi connectivity index (χ4n) is 2.90. The zero-order valence-electron chi connectivity index (χ0n) is 12.0. The standard InChI is InChI=1S/C18H14N2OS/c1-21-15-7-3-6-14-16-13(11-4-2-5-12(22)10-11)8-9-19-18(16)20-17(14)15/h2-10,22H,1H3,(H,19,20). The van der Waals surface area contributed by atoms with Gasteiger partial charge in [0, 0.05) is 21.9 Å². The molecular weight excluding hydrogens is 292 g/mol. The highest BCUT2D eigenvalue weighted by molar-refractivity contribution is 7.80. The summed E-state index contributed by atoms with van der Waals surface area (Å²) in [5.41, 5.74) is 4.10. The van der Waals surface area contributed by atoms with Crippen LogP contribution < -0.4 is 4.74 Å². The molecule has 3 nitrogen and oxygen atoms in total. The number of aromatic nitrogens is 2. The Morgan fingerprint density at radius 1 is 1.09 bits per heavy atom. The topological polar surface area (TPSA) is 37.9 Å². The molecule has 2 aromatic heterocycles. The summed E-state index contributed by atoms with van der Waals surface area (Å²) in [6, 6.07) is 16.2. The Balaban J connectivity index is 2.12. The number of nitrogens with zero attached hydrogens (tertiary/aromatic N) is 1. The van der Waals surface area contributed by atoms with Gasteiger partial charge in [-0.05, 0) is 35.4 Å². The molecule has 22 heavy (non-hydrogen) atoms. The zero-order chi connectivity index (χ0) is 15.1. The highest BCUT2D eigenvalue weighted by Gasteiger charge is 2.13. The smallest absolute Gasteiger partial charge is 0.142 e. The number of ether oxygens (including phenoxy) is 1. The molecule has 0 unspecified atom stereocenters. The molecule has 2 aromatic carbocycles. The average Bonchev–Trinajstić information content (AvgIpc) is 2.93. The molecule has 0 atom stereocenters. The molecule has 0 amide bonds. The number of aromatic amines is 1. The molecule has 0 aliphatic rings. The lowest BCUT2D eigenvalue weighted by Gasteiger charge is -2.05. The van der Waals surface area contributed by atoms with Gasteiger partial charge in [0.05, 0.1) is 12.6 Å². The third-order valence-corrected chi connectivity index (χ3v) is 4.15. The Labute approximate surface area is 133 Å². The quantitative estimate of drug-likeness (QED) is 0.528. The maximum atomic E-state index is 5.45. The van der Waals surface area contributed by atoms with Crippen molar-refractivity contribution >= 4 is 34.6 Å². The first-order chi connectivity index (χ1) is 10.8. The van der Waals surface area contributed by atoms with Crippen LogP contribution in [0, 0.1) is 0 Å². The van der Waals surface area contributed by atoms with E-state index in [9.17, 15) is 0 Å². The van der Waals surface area contributed by atoms with E-state index in [2.05, 4.69) is 40.8 Å². The summed E-state index contributed by atoms with van der Waals surface area (Å²) in [5, 5.41) is 2.22. The average molecular weight is 306 g/mol. The van der Waals surface area contributed by atoms with E-state index in [1.807, 2.05) is 36.5 Å². The highest BCUT2D eigenvalue weighted by Crippen LogP contribution is 2.36. The summed E-state index contributed by atoms with van der Waals surface area (Å²) >= 11 is 4.45. The third kappa shape index (κ3) is 1.96. The highest BCUT2D eigenvalue weighted by atomic mass is 32.1. The van der Waals surface area contributed by atoms with Gasteiger partial charge in [-0.25, -0.2) is 4.98 Å². The van der Waals surface area contributed by atoms with Crippen molar-refractivity contribution in [3.05, 3.63) is 54.7 Å². The number of thiol groups is 1. The molecule has 108 valence electrons. The molecule has 0 fully saturated rings. The molecule has 1 N–H and O–H groups in total. The van der Waals surface area contributed by atoms with Gasteiger partial charge in [0.25, 0.3) is 0 Å². The van der Waals surface area contributed by atoms with Crippen molar-refractivity contribution in [2.75, 3.05) is 7.11 Å². The van der Waals surface area contributed by atoms with E-state index in [0.29, 0.717) is 0 Å². The van der Waals surface area contributed by atoms with Gasteiger partial charge in [-0.15, -0.1) is 12.6 Å². The van der Waals surface area contributed by atoms with E-state index in [4.69, 9.17) is 4.74 Å². The fraction of sp³-hybridized carbons (Fsp3) is 0.0556. The minimum absolute atomic E-state index is 0.824. The molecule has 0 saturated carbocycles. The first-order valence-electron chi connectivity index (χ1n) is 7.01. The summed E-state index contributed by atoms with van der Waals surface area (Å²) in [5.74, 6) is 0.824. The number of hydrogen-bond acceptors (Lipinski definition) is 3. The van der Waals surface area contributed by atoms with Crippen LogP contribution in [0.4, 0.5) is 0 Å². The number of hydrogen-bond donors (Lipinski definition) is 2. The van der Waals surface area contributed by atoms with Crippen LogP contribution in [0.2, 0.25) is 0 Å². The number of nitrogens with one attached hydrogen (secondary N) is 1. The van der Waals surface area contributed by atoms with Crippen LogP contribution in [0.25, 0.3) is 33.1 Å². The molecule has 2 heterocycles. The van der Waals surface area contributed by atoms with Gasteiger partial charge in [0.15, 0.2) is 0 Å². The maximum absolute atomic E-state index is 5.45. The van der Waals surface area contributed by atoms with Gasteiger partial charge in [-0.3, -0.25) is 0 Å². The number of rotatable bonds is 2. The predicted octanol–water partition coefficient (Wildman–Crippen LogP) is 4.68. The van der Waals surface area contributed by atoms with Gasteiger partial charge in [-0.2, -0.15) is 0 Å². The van der Waals surface area contributed by atoms with Crippen LogP contribution in [0.15, 0.2) is 59.6 Å². The minimum Gasteiger partial charge on any atom is -0.495 e. The first-order valence-corrected chi connectivity index (χ1v) is 7.45. The monoisotopic (exact) mass is 306 g/mol. The second kappa shape index (κ2) is 5.07. The van der Waals surface area contributed by atoms with Gasteiger partial charge in [0.1, 0.15) is 11.4 Å². The first kappa shape index (κ1) is 13.2. The van der Waals surface area contributed by atoms with Crippen LogP contribution in [-0.4, -0.2) is 17.1 Å². The summed E-state index contributed by atoms with van der Waals surface area (Å²) in [7, 11) is 1.68. The van der Waals surface area contributed by atoms with Crippen molar-refractivity contribution in [2.45, 2.75) is 4.90 Å². The summed E-state index contributed by atoms with van der Waals surface area (Å²) in [6.45, 7) is 0. The fourth-order valence-corrected chi connectivity index (χ4v) is 3.13. The number of H-pyrrole nitrogens is 1. The van der Waals surface area contributed by atoms with Crippen molar-refractivity contribution < 1.29 is 4.74 Å². The molecule has 0 aliphatic heterocycles. The molecule has 0 aliphatic carbocycles. The Kier molecular flexibility index (Phi) is 3.05. The largest absolute Gasteiger partial charge is 0.495 e. The van der Waals surface area contributed by atoms with E-state index in [0.717, 1.165) is 43.7 Å². The molecule has 4 heteroatoms. The van der Waals surface area contributed by atoms with E-state index < -0.39 is 0 Å². The van der Waals surface area contributed by atoms with E-state index >= 15 is 0 Å². The van der Waals surface area contributed by atoms with Crippen molar-refractivity contribution in [3.8, 4) is 16.9 Å². The second-order valence-corrected chi connectivity index (χ2v) is 5.66. The Morgan fingerprint density at radius 3 is 2.77 bits per heavy atom. The van der Waals surface area contributed by atoms with E-state index in [-0.39, 0.29) is 0 Å². The number of methoxy groups -OCH3 is 1. The lowest BCUT2D eigenvalue weighted by molar-refractivity contribution is 0.419. The van der Waals surface area contributed by atoms with Crippen LogP contribution in [0.1, 0.15) is 0 Å². The van der Waals surface area contributed by atoms with Crippen molar-refractivity contribution in [1.29, 1.82) is 0 Å². The van der Waals surface area contributed by atoms with Gasteiger partial charge < -0.3 is 9.72 Å². The van der Waals surface area contributed by atoms with E-state index in [1.165, 1.54) is 0 Å². The molecule has 4 aromatic rings. The Morgan fingerprint density at radius 2 is 1.95 bits per heavy atom. The third-order valence-electron chi connectivity index (χ3n) is 3.87. The van der Waals surface area contributed by atoms with Crippen molar-refractivity contribution in [1.82, 2.24) is 9.97 Å². The molecular formula is C18H14N2OS. The summed E-state index contributed by atoms with van der Waals surface area (Å²) in [4.78, 5) is 8.78. The number of benzene rings is 2. The lowest BCUT2D eigenvalue weighted by atomic mass is 10.0. The van der Waals surface area contributed by atoms with Crippen molar-refractivity contribution in [2.24, 2.45) is 0 Å². The number of pyridine rings is 1. The minimum atomic E-state index is 0.824. The van der Waals surface area contributed by atoms with Crippen LogP contribution in [0.3, 0.4) is 0 Å². The molecule has 0 radical (unpaired) electrons. The van der Waals surface area contributed by atoms with Gasteiger partial charge in [0.2, 0.25) is 0 Å². The normalized spacial score (nSPS) is 11.2. The molecule has 0 spiro atoms. The number of para-hydroxylation sites is 1. The summed E-state index contributed by atoms with van der Waals surface area (Å²) < 4.78 is 5.45.